The number of aldehydes is 1. The maximum Gasteiger partial charge on any atom is 0.202 e. The normalized spacial score (nSPS) is 11.0. The molecule has 1 N–H and O–H groups in total. The summed E-state index contributed by atoms with van der Waals surface area (Å²) < 4.78 is 34.2. The molecule has 0 aliphatic carbocycles. The first-order valence-electron chi connectivity index (χ1n) is 7.56. The quantitative estimate of drug-likeness (QED) is 0.482. The number of rotatable bonds is 8. The summed E-state index contributed by atoms with van der Waals surface area (Å²) in [5.74, 6) is -2.84. The molecule has 0 amide bonds. The molecular weight excluding hydrogens is 360 g/mol. The number of hydrogen-bond acceptors (Lipinski definition) is 3. The van der Waals surface area contributed by atoms with E-state index in [1.807, 2.05) is 6.07 Å². The molecule has 26 heavy (non-hydrogen) atoms. The van der Waals surface area contributed by atoms with E-state index in [0.29, 0.717) is 6.29 Å². The van der Waals surface area contributed by atoms with Gasteiger partial charge in [0.05, 0.1) is 16.4 Å². The van der Waals surface area contributed by atoms with Crippen LogP contribution in [0.25, 0.3) is 0 Å². The fraction of sp³-hybridized carbons (Fsp3) is 0.0500. The van der Waals surface area contributed by atoms with Gasteiger partial charge in [0.25, 0.3) is 0 Å². The van der Waals surface area contributed by atoms with Crippen molar-refractivity contribution in [1.29, 1.82) is 0 Å². The van der Waals surface area contributed by atoms with Crippen molar-refractivity contribution < 1.29 is 18.3 Å². The summed E-state index contributed by atoms with van der Waals surface area (Å²) in [6.07, 6.45) is 3.20. The van der Waals surface area contributed by atoms with Crippen LogP contribution in [-0.4, -0.2) is 6.29 Å². The number of ether oxygens (including phenoxy) is 1. The lowest BCUT2D eigenvalue weighted by atomic mass is 10.1. The van der Waals surface area contributed by atoms with E-state index in [-0.39, 0.29) is 34.3 Å². The smallest absolute Gasteiger partial charge is 0.202 e. The Morgan fingerprint density at radius 3 is 2.50 bits per heavy atom. The lowest BCUT2D eigenvalue weighted by Crippen LogP contribution is -2.08. The van der Waals surface area contributed by atoms with Gasteiger partial charge in [0.2, 0.25) is 5.82 Å². The Morgan fingerprint density at radius 1 is 1.23 bits per heavy atom. The molecule has 2 aromatic carbocycles. The van der Waals surface area contributed by atoms with Crippen molar-refractivity contribution in [3.8, 4) is 5.75 Å². The summed E-state index contributed by atoms with van der Waals surface area (Å²) in [7, 11) is 0. The van der Waals surface area contributed by atoms with E-state index in [4.69, 9.17) is 16.3 Å². The number of hydrogen-bond donors (Lipinski definition) is 1. The molecule has 0 aromatic heterocycles. The van der Waals surface area contributed by atoms with E-state index in [9.17, 15) is 13.6 Å². The average molecular weight is 376 g/mol. The molecule has 0 bridgehead atoms. The number of carbonyl (C=O) groups is 1. The molecule has 0 unspecified atom stereocenters. The highest BCUT2D eigenvalue weighted by Crippen LogP contribution is 2.32. The third kappa shape index (κ3) is 4.58. The third-order valence-corrected chi connectivity index (χ3v) is 3.61. The Labute approximate surface area is 155 Å². The van der Waals surface area contributed by atoms with Crippen LogP contribution < -0.4 is 10.1 Å². The highest BCUT2D eigenvalue weighted by Gasteiger charge is 2.20. The van der Waals surface area contributed by atoms with E-state index >= 15 is 0 Å². The van der Waals surface area contributed by atoms with Crippen LogP contribution in [0.4, 0.5) is 14.5 Å². The third-order valence-electron chi connectivity index (χ3n) is 3.40. The molecule has 2 aromatic rings. The maximum atomic E-state index is 14.5. The predicted molar refractivity (Wildman–Crippen MR) is 99.4 cm³/mol. The van der Waals surface area contributed by atoms with Gasteiger partial charge in [-0.3, -0.25) is 4.79 Å². The molecule has 2 rings (SSSR count). The molecule has 0 saturated carbocycles. The minimum absolute atomic E-state index is 0.0301. The Morgan fingerprint density at radius 2 is 1.92 bits per heavy atom. The summed E-state index contributed by atoms with van der Waals surface area (Å²) in [6, 6.07) is 10.1. The van der Waals surface area contributed by atoms with Gasteiger partial charge in [-0.1, -0.05) is 61.2 Å². The molecular formula is C20H16ClF2NO2. The van der Waals surface area contributed by atoms with Gasteiger partial charge in [-0.25, -0.2) is 4.39 Å². The van der Waals surface area contributed by atoms with Crippen LogP contribution in [0, 0.1) is 11.6 Å². The van der Waals surface area contributed by atoms with Crippen molar-refractivity contribution in [2.45, 2.75) is 6.61 Å². The Hall–Kier alpha value is -2.92. The standard InChI is InChI=1S/C20H16ClF2NO2/c1-3-7-16(13(2)21)24-20-15(11-25)10-17(18(22)19(20)23)26-12-14-8-5-4-6-9-14/h3-11,24H,1-2,12H2/b16-7+. The molecule has 0 aliphatic rings. The van der Waals surface area contributed by atoms with E-state index < -0.39 is 11.6 Å². The molecule has 0 atom stereocenters. The van der Waals surface area contributed by atoms with Crippen LogP contribution >= 0.6 is 11.6 Å². The second-order valence-corrected chi connectivity index (χ2v) is 5.66. The van der Waals surface area contributed by atoms with Crippen LogP contribution in [0.2, 0.25) is 0 Å². The molecule has 6 heteroatoms. The van der Waals surface area contributed by atoms with Gasteiger partial charge in [-0.15, -0.1) is 0 Å². The van der Waals surface area contributed by atoms with Gasteiger partial charge >= 0.3 is 0 Å². The van der Waals surface area contributed by atoms with Crippen LogP contribution in [0.3, 0.4) is 0 Å². The van der Waals surface area contributed by atoms with Crippen LogP contribution in [0.5, 0.6) is 5.75 Å². The second-order valence-electron chi connectivity index (χ2n) is 5.20. The van der Waals surface area contributed by atoms with Gasteiger partial charge in [-0.05, 0) is 17.7 Å². The minimum Gasteiger partial charge on any atom is -0.486 e. The van der Waals surface area contributed by atoms with Crippen molar-refractivity contribution in [1.82, 2.24) is 0 Å². The highest BCUT2D eigenvalue weighted by atomic mass is 35.5. The van der Waals surface area contributed by atoms with Gasteiger partial charge in [-0.2, -0.15) is 4.39 Å². The summed E-state index contributed by atoms with van der Waals surface area (Å²) >= 11 is 5.81. The predicted octanol–water partition coefficient (Wildman–Crippen LogP) is 5.59. The monoisotopic (exact) mass is 375 g/mol. The van der Waals surface area contributed by atoms with Crippen LogP contribution in [-0.2, 0) is 6.61 Å². The molecule has 0 spiro atoms. The van der Waals surface area contributed by atoms with E-state index in [0.717, 1.165) is 11.6 Å². The van der Waals surface area contributed by atoms with E-state index in [1.165, 1.54) is 12.2 Å². The van der Waals surface area contributed by atoms with Crippen molar-refractivity contribution in [2.75, 3.05) is 5.32 Å². The first-order chi connectivity index (χ1) is 12.5. The zero-order chi connectivity index (χ0) is 19.1. The lowest BCUT2D eigenvalue weighted by molar-refractivity contribution is 0.112. The molecule has 0 radical (unpaired) electrons. The summed E-state index contributed by atoms with van der Waals surface area (Å²) in [5.41, 5.74) is 0.470. The Kier molecular flexibility index (Phi) is 6.69. The van der Waals surface area contributed by atoms with Crippen molar-refractivity contribution in [2.24, 2.45) is 0 Å². The fourth-order valence-electron chi connectivity index (χ4n) is 2.13. The maximum absolute atomic E-state index is 14.5. The topological polar surface area (TPSA) is 38.3 Å². The largest absolute Gasteiger partial charge is 0.486 e. The van der Waals surface area contributed by atoms with Gasteiger partial charge in [0.1, 0.15) is 6.61 Å². The van der Waals surface area contributed by atoms with Crippen LogP contribution in [0.1, 0.15) is 15.9 Å². The zero-order valence-electron chi connectivity index (χ0n) is 13.8. The first-order valence-corrected chi connectivity index (χ1v) is 7.94. The summed E-state index contributed by atoms with van der Waals surface area (Å²) in [4.78, 5) is 11.3. The Bertz CT molecular complexity index is 864. The highest BCUT2D eigenvalue weighted by molar-refractivity contribution is 6.31. The molecule has 0 heterocycles. The molecule has 0 aliphatic heterocycles. The molecule has 0 saturated heterocycles. The number of allylic oxidation sites excluding steroid dienone is 3. The average Bonchev–Trinajstić information content (AvgIpc) is 2.64. The fourth-order valence-corrected chi connectivity index (χ4v) is 2.24. The van der Waals surface area contributed by atoms with E-state index in [1.54, 1.807) is 24.3 Å². The number of carbonyl (C=O) groups excluding carboxylic acids is 1. The first kappa shape index (κ1) is 19.4. The second kappa shape index (κ2) is 8.97. The lowest BCUT2D eigenvalue weighted by Gasteiger charge is -2.15. The van der Waals surface area contributed by atoms with Crippen LogP contribution in [0.15, 0.2) is 72.4 Å². The van der Waals surface area contributed by atoms with Crippen molar-refractivity contribution >= 4 is 23.6 Å². The minimum atomic E-state index is -1.26. The SMILES string of the molecule is C=C/C=C(/Nc1c(C=O)cc(OCc2ccccc2)c(F)c1F)C(=C)Cl. The van der Waals surface area contributed by atoms with Gasteiger partial charge < -0.3 is 10.1 Å². The van der Waals surface area contributed by atoms with Gasteiger partial charge in [0, 0.05) is 5.56 Å². The summed E-state index contributed by atoms with van der Waals surface area (Å²) in [5, 5.41) is 2.61. The molecule has 134 valence electrons. The van der Waals surface area contributed by atoms with E-state index in [2.05, 4.69) is 18.5 Å². The number of nitrogens with one attached hydrogen (secondary N) is 1. The number of benzene rings is 2. The molecule has 0 fully saturated rings. The zero-order valence-corrected chi connectivity index (χ0v) is 14.5. The van der Waals surface area contributed by atoms with Crippen molar-refractivity contribution in [3.63, 3.8) is 0 Å². The van der Waals surface area contributed by atoms with Gasteiger partial charge in [0.15, 0.2) is 17.9 Å². The Balaban J connectivity index is 2.36. The summed E-state index contributed by atoms with van der Waals surface area (Å²) in [6.45, 7) is 7.05. The van der Waals surface area contributed by atoms with Crippen molar-refractivity contribution in [3.05, 3.63) is 95.2 Å². The molecule has 3 nitrogen and oxygen atoms in total. The number of halogens is 3. The number of anilines is 1.